The maximum absolute atomic E-state index is 10.3. The Kier molecular flexibility index (Phi) is 5.40. The summed E-state index contributed by atoms with van der Waals surface area (Å²) in [5, 5.41) is 13.6. The molecule has 4 saturated carbocycles. The van der Waals surface area contributed by atoms with Gasteiger partial charge in [-0.3, -0.25) is 0 Å². The van der Waals surface area contributed by atoms with E-state index in [1.165, 1.54) is 44.1 Å². The molecule has 4 heteroatoms. The smallest absolute Gasteiger partial charge is 0.120 e. The zero-order valence-electron chi connectivity index (χ0n) is 19.7. The summed E-state index contributed by atoms with van der Waals surface area (Å²) in [5.41, 5.74) is 3.80. The number of aliphatic hydroxyl groups is 1. The van der Waals surface area contributed by atoms with Crippen LogP contribution in [0.2, 0.25) is 0 Å². The fourth-order valence-electron chi connectivity index (χ4n) is 7.89. The molecule has 0 amide bonds. The minimum atomic E-state index is -0.594. The Balaban J connectivity index is 1.18. The Morgan fingerprint density at radius 3 is 2.34 bits per heavy atom. The lowest BCUT2D eigenvalue weighted by atomic mass is 9.39. The molecule has 172 valence electrons. The first-order valence-electron chi connectivity index (χ1n) is 12.1. The van der Waals surface area contributed by atoms with Crippen LogP contribution in [0, 0.1) is 16.7 Å². The van der Waals surface area contributed by atoms with Crippen molar-refractivity contribution in [2.45, 2.75) is 63.9 Å². The summed E-state index contributed by atoms with van der Waals surface area (Å²) in [7, 11) is 1.65. The van der Waals surface area contributed by atoms with Gasteiger partial charge in [0.05, 0.1) is 7.11 Å². The predicted octanol–water partition coefficient (Wildman–Crippen LogP) is 5.80. The van der Waals surface area contributed by atoms with Gasteiger partial charge < -0.3 is 19.9 Å². The number of hydrogen-bond acceptors (Lipinski definition) is 4. The molecule has 0 spiro atoms. The minimum Gasteiger partial charge on any atom is -0.497 e. The number of ether oxygens (including phenoxy) is 2. The highest BCUT2D eigenvalue weighted by Crippen LogP contribution is 2.69. The zero-order chi connectivity index (χ0) is 22.4. The molecule has 5 atom stereocenters. The second kappa shape index (κ2) is 7.98. The predicted molar refractivity (Wildman–Crippen MR) is 129 cm³/mol. The number of rotatable bonds is 8. The molecule has 4 aliphatic carbocycles. The molecule has 32 heavy (non-hydrogen) atoms. The molecule has 0 aliphatic heterocycles. The van der Waals surface area contributed by atoms with Crippen molar-refractivity contribution in [3.8, 4) is 11.5 Å². The molecule has 2 N–H and O–H groups in total. The van der Waals surface area contributed by atoms with Gasteiger partial charge in [0.2, 0.25) is 0 Å². The number of methoxy groups -OCH3 is 1. The number of anilines is 1. The van der Waals surface area contributed by atoms with Crippen LogP contribution in [0.5, 0.6) is 11.5 Å². The molecule has 0 radical (unpaired) electrons. The lowest BCUT2D eigenvalue weighted by molar-refractivity contribution is -0.110. The van der Waals surface area contributed by atoms with Crippen LogP contribution in [0.3, 0.4) is 0 Å². The highest BCUT2D eigenvalue weighted by Gasteiger charge is 2.60. The molecule has 4 aliphatic rings. The topological polar surface area (TPSA) is 50.7 Å². The van der Waals surface area contributed by atoms with E-state index < -0.39 is 6.10 Å². The Hall–Kier alpha value is -2.20. The van der Waals surface area contributed by atoms with Gasteiger partial charge in [0.15, 0.2) is 0 Å². The fourth-order valence-corrected chi connectivity index (χ4v) is 7.89. The molecule has 2 aromatic rings. The molecule has 2 aromatic carbocycles. The Morgan fingerprint density at radius 2 is 1.69 bits per heavy atom. The van der Waals surface area contributed by atoms with E-state index in [1.54, 1.807) is 7.11 Å². The van der Waals surface area contributed by atoms with Gasteiger partial charge in [-0.1, -0.05) is 32.0 Å². The van der Waals surface area contributed by atoms with Crippen molar-refractivity contribution < 1.29 is 14.6 Å². The second-order valence-corrected chi connectivity index (χ2v) is 11.5. The van der Waals surface area contributed by atoms with Crippen molar-refractivity contribution >= 4 is 5.69 Å². The van der Waals surface area contributed by atoms with Crippen LogP contribution in [0.25, 0.3) is 0 Å². The average Bonchev–Trinajstić information content (AvgIpc) is 2.74. The van der Waals surface area contributed by atoms with Gasteiger partial charge in [-0.05, 0) is 90.5 Å². The van der Waals surface area contributed by atoms with Crippen LogP contribution >= 0.6 is 0 Å². The maximum atomic E-state index is 10.3. The largest absolute Gasteiger partial charge is 0.497 e. The van der Waals surface area contributed by atoms with Crippen LogP contribution in [0.15, 0.2) is 48.5 Å². The molecular formula is C28H37NO3. The van der Waals surface area contributed by atoms with Gasteiger partial charge in [0.25, 0.3) is 0 Å². The van der Waals surface area contributed by atoms with E-state index in [4.69, 9.17) is 9.47 Å². The summed E-state index contributed by atoms with van der Waals surface area (Å²) in [6, 6.07) is 16.5. The van der Waals surface area contributed by atoms with Crippen LogP contribution in [0.1, 0.15) is 57.9 Å². The standard InChI is InChI=1S/C28H37NO3/c1-26-12-20-13-27(2,17-26)19-28(14-20,18-26)21-7-9-24(10-8-21)32-16-23(30)15-29-22-5-4-6-25(11-22)31-3/h4-11,20,23,29-30H,12-19H2,1-3H3/t20?,23?,26-,27+,28?. The molecule has 0 heterocycles. The van der Waals surface area contributed by atoms with Crippen molar-refractivity contribution in [3.63, 3.8) is 0 Å². The van der Waals surface area contributed by atoms with Gasteiger partial charge in [-0.25, -0.2) is 0 Å². The lowest BCUT2D eigenvalue weighted by Gasteiger charge is -2.65. The van der Waals surface area contributed by atoms with Crippen LogP contribution in [0.4, 0.5) is 5.69 Å². The first kappa shape index (κ1) is 21.6. The van der Waals surface area contributed by atoms with Crippen molar-refractivity contribution in [1.82, 2.24) is 0 Å². The summed E-state index contributed by atoms with van der Waals surface area (Å²) in [5.74, 6) is 2.52. The Bertz CT molecular complexity index is 937. The molecule has 4 fully saturated rings. The van der Waals surface area contributed by atoms with Gasteiger partial charge in [0, 0.05) is 18.3 Å². The minimum absolute atomic E-state index is 0.264. The maximum Gasteiger partial charge on any atom is 0.120 e. The van der Waals surface area contributed by atoms with Crippen molar-refractivity contribution in [2.75, 3.05) is 25.6 Å². The summed E-state index contributed by atoms with van der Waals surface area (Å²) >= 11 is 0. The van der Waals surface area contributed by atoms with E-state index in [0.717, 1.165) is 23.1 Å². The Morgan fingerprint density at radius 1 is 0.969 bits per heavy atom. The van der Waals surface area contributed by atoms with E-state index in [-0.39, 0.29) is 6.61 Å². The summed E-state index contributed by atoms with van der Waals surface area (Å²) < 4.78 is 11.1. The summed E-state index contributed by atoms with van der Waals surface area (Å²) in [6.07, 6.45) is 7.68. The van der Waals surface area contributed by atoms with Crippen molar-refractivity contribution in [1.29, 1.82) is 0 Å². The Labute approximate surface area is 192 Å². The van der Waals surface area contributed by atoms with E-state index in [1.807, 2.05) is 24.3 Å². The first-order valence-corrected chi connectivity index (χ1v) is 12.1. The van der Waals surface area contributed by atoms with Gasteiger partial charge >= 0.3 is 0 Å². The molecule has 0 saturated heterocycles. The quantitative estimate of drug-likeness (QED) is 0.551. The van der Waals surface area contributed by atoms with Crippen molar-refractivity contribution in [3.05, 3.63) is 54.1 Å². The number of aliphatic hydroxyl groups excluding tert-OH is 1. The van der Waals surface area contributed by atoms with E-state index in [2.05, 4.69) is 43.4 Å². The van der Waals surface area contributed by atoms with Crippen LogP contribution in [-0.4, -0.2) is 31.5 Å². The zero-order valence-corrected chi connectivity index (χ0v) is 19.7. The molecule has 3 unspecified atom stereocenters. The third-order valence-electron chi connectivity index (χ3n) is 8.15. The second-order valence-electron chi connectivity index (χ2n) is 11.5. The molecular weight excluding hydrogens is 398 g/mol. The van der Waals surface area contributed by atoms with Gasteiger partial charge in [-0.2, -0.15) is 0 Å². The highest BCUT2D eigenvalue weighted by atomic mass is 16.5. The highest BCUT2D eigenvalue weighted by molar-refractivity contribution is 5.48. The fraction of sp³-hybridized carbons (Fsp3) is 0.571. The average molecular weight is 436 g/mol. The normalized spacial score (nSPS) is 33.7. The van der Waals surface area contributed by atoms with E-state index in [9.17, 15) is 5.11 Å². The van der Waals surface area contributed by atoms with Crippen LogP contribution < -0.4 is 14.8 Å². The van der Waals surface area contributed by atoms with E-state index in [0.29, 0.717) is 22.8 Å². The lowest BCUT2D eigenvalue weighted by Crippen LogP contribution is -2.56. The number of nitrogens with one attached hydrogen (secondary N) is 1. The number of benzene rings is 2. The summed E-state index contributed by atoms with van der Waals surface area (Å²) in [4.78, 5) is 0. The third-order valence-corrected chi connectivity index (χ3v) is 8.15. The molecule has 6 rings (SSSR count). The van der Waals surface area contributed by atoms with Gasteiger partial charge in [-0.15, -0.1) is 0 Å². The first-order chi connectivity index (χ1) is 15.3. The van der Waals surface area contributed by atoms with Crippen molar-refractivity contribution in [2.24, 2.45) is 16.7 Å². The molecule has 4 nitrogen and oxygen atoms in total. The molecule has 0 aromatic heterocycles. The molecule has 4 bridgehead atoms. The van der Waals surface area contributed by atoms with Gasteiger partial charge in [0.1, 0.15) is 24.2 Å². The van der Waals surface area contributed by atoms with E-state index >= 15 is 0 Å². The monoisotopic (exact) mass is 435 g/mol. The SMILES string of the molecule is COc1cccc(NCC(O)COc2ccc(C34CC5C[C@@](C)(C3)C[C@](C)(C5)C4)cc2)c1. The van der Waals surface area contributed by atoms with Crippen LogP contribution in [-0.2, 0) is 5.41 Å². The third kappa shape index (κ3) is 4.22. The number of hydrogen-bond donors (Lipinski definition) is 2. The summed E-state index contributed by atoms with van der Waals surface area (Å²) in [6.45, 7) is 5.75.